The Kier molecular flexibility index (Phi) is 15.8. The van der Waals surface area contributed by atoms with Crippen molar-refractivity contribution >= 4 is 29.8 Å². The molecule has 5 N–H and O–H groups in total. The molecule has 3 atom stereocenters. The number of amides is 4. The molecule has 0 radical (unpaired) electrons. The summed E-state index contributed by atoms with van der Waals surface area (Å²) in [5, 5.41) is 13.6. The highest BCUT2D eigenvalue weighted by atomic mass is 19.1. The predicted molar refractivity (Wildman–Crippen MR) is 175 cm³/mol. The molecule has 0 bridgehead atoms. The number of hydrogen-bond acceptors (Lipinski definition) is 8. The van der Waals surface area contributed by atoms with Crippen LogP contribution in [0.25, 0.3) is 0 Å². The maximum atomic E-state index is 13.4. The molecule has 0 heterocycles. The number of hydrogen-bond donors (Lipinski definition) is 5. The molecule has 0 saturated carbocycles. The highest BCUT2D eigenvalue weighted by Gasteiger charge is 2.28. The van der Waals surface area contributed by atoms with Gasteiger partial charge in [0, 0.05) is 19.5 Å². The molecule has 0 aliphatic heterocycles. The zero-order valence-electron chi connectivity index (χ0n) is 28.0. The van der Waals surface area contributed by atoms with Crippen LogP contribution < -0.4 is 26.6 Å². The van der Waals surface area contributed by atoms with E-state index >= 15 is 0 Å². The maximum absolute atomic E-state index is 13.4. The van der Waals surface area contributed by atoms with Gasteiger partial charge >= 0.3 is 12.1 Å². The largest absolute Gasteiger partial charge is 0.467 e. The lowest BCUT2D eigenvalue weighted by atomic mass is 10.0. The smallest absolute Gasteiger partial charge is 0.408 e. The molecule has 0 aromatic heterocycles. The lowest BCUT2D eigenvalue weighted by Gasteiger charge is -2.24. The zero-order valence-corrected chi connectivity index (χ0v) is 28.0. The number of methoxy groups -OCH3 is 1. The van der Waals surface area contributed by atoms with Crippen LogP contribution in [-0.2, 0) is 41.5 Å². The summed E-state index contributed by atoms with van der Waals surface area (Å²) < 4.78 is 23.5. The van der Waals surface area contributed by atoms with Gasteiger partial charge in [0.25, 0.3) is 0 Å². The Bertz CT molecular complexity index is 1320. The molecule has 47 heavy (non-hydrogen) atoms. The van der Waals surface area contributed by atoms with Crippen LogP contribution in [0.2, 0.25) is 0 Å². The normalized spacial score (nSPS) is 13.1. The summed E-state index contributed by atoms with van der Waals surface area (Å²) in [4.78, 5) is 63.5. The van der Waals surface area contributed by atoms with Crippen LogP contribution in [0.3, 0.4) is 0 Å². The fourth-order valence-corrected chi connectivity index (χ4v) is 4.52. The van der Waals surface area contributed by atoms with E-state index in [9.17, 15) is 28.4 Å². The number of carbonyl (C=O) groups is 5. The maximum Gasteiger partial charge on any atom is 0.408 e. The minimum absolute atomic E-state index is 0.0375. The fourth-order valence-electron chi connectivity index (χ4n) is 4.52. The molecule has 13 heteroatoms. The molecule has 12 nitrogen and oxygen atoms in total. The average molecular weight is 658 g/mol. The summed E-state index contributed by atoms with van der Waals surface area (Å²) in [6.45, 7) is 8.90. The van der Waals surface area contributed by atoms with Gasteiger partial charge < -0.3 is 36.1 Å². The number of ether oxygens (including phenoxy) is 2. The van der Waals surface area contributed by atoms with Gasteiger partial charge in [-0.15, -0.1) is 0 Å². The van der Waals surface area contributed by atoms with Gasteiger partial charge in [-0.05, 0) is 62.8 Å². The van der Waals surface area contributed by atoms with Crippen molar-refractivity contribution in [2.45, 2.75) is 77.6 Å². The Balaban J connectivity index is 1.95. The highest BCUT2D eigenvalue weighted by Crippen LogP contribution is 2.11. The molecular formula is C34H48FN5O7. The first-order chi connectivity index (χ1) is 22.2. The number of nitrogens with one attached hydrogen (secondary N) is 5. The quantitative estimate of drug-likeness (QED) is 0.128. The first-order valence-corrected chi connectivity index (χ1v) is 15.6. The van der Waals surface area contributed by atoms with E-state index in [1.807, 2.05) is 44.2 Å². The molecule has 0 aliphatic rings. The minimum atomic E-state index is -1.09. The molecule has 0 fully saturated rings. The van der Waals surface area contributed by atoms with Crippen molar-refractivity contribution in [3.8, 4) is 0 Å². The molecule has 0 saturated heterocycles. The topological polar surface area (TPSA) is 164 Å². The van der Waals surface area contributed by atoms with Gasteiger partial charge in [-0.2, -0.15) is 0 Å². The molecule has 2 rings (SSSR count). The van der Waals surface area contributed by atoms with Crippen LogP contribution in [0.4, 0.5) is 9.18 Å². The molecule has 2 aromatic rings. The Morgan fingerprint density at radius 1 is 0.766 bits per heavy atom. The number of halogens is 1. The van der Waals surface area contributed by atoms with E-state index in [0.29, 0.717) is 18.4 Å². The van der Waals surface area contributed by atoms with E-state index in [1.54, 1.807) is 20.8 Å². The number of rotatable bonds is 17. The second-order valence-corrected chi connectivity index (χ2v) is 12.5. The summed E-state index contributed by atoms with van der Waals surface area (Å²) in [5.41, 5.74) is 0.696. The minimum Gasteiger partial charge on any atom is -0.467 e. The van der Waals surface area contributed by atoms with Crippen LogP contribution in [0, 0.1) is 11.7 Å². The Morgan fingerprint density at radius 2 is 1.38 bits per heavy atom. The lowest BCUT2D eigenvalue weighted by Crippen LogP contribution is -2.53. The SMILES string of the molecule is COC(=O)C(CC(C)C)NC(=O)C(Cc1ccccc1)NCCNC(=O)CNC(=O)C(Cc1ccc(F)cc1)NC(=O)OC(C)(C)C. The van der Waals surface area contributed by atoms with Crippen molar-refractivity contribution in [2.75, 3.05) is 26.7 Å². The van der Waals surface area contributed by atoms with Gasteiger partial charge in [-0.25, -0.2) is 14.0 Å². The average Bonchev–Trinajstić information content (AvgIpc) is 3.00. The molecule has 258 valence electrons. The molecule has 0 spiro atoms. The first kappa shape index (κ1) is 38.7. The van der Waals surface area contributed by atoms with Crippen molar-refractivity contribution in [3.63, 3.8) is 0 Å². The molecular weight excluding hydrogens is 609 g/mol. The van der Waals surface area contributed by atoms with Gasteiger partial charge in [0.05, 0.1) is 19.7 Å². The van der Waals surface area contributed by atoms with Crippen molar-refractivity contribution in [1.82, 2.24) is 26.6 Å². The van der Waals surface area contributed by atoms with Gasteiger partial charge in [0.2, 0.25) is 17.7 Å². The van der Waals surface area contributed by atoms with Crippen molar-refractivity contribution in [1.29, 1.82) is 0 Å². The second-order valence-electron chi connectivity index (χ2n) is 12.5. The Labute approximate surface area is 275 Å². The van der Waals surface area contributed by atoms with Crippen molar-refractivity contribution in [3.05, 3.63) is 71.5 Å². The van der Waals surface area contributed by atoms with Gasteiger partial charge in [-0.1, -0.05) is 56.3 Å². The van der Waals surface area contributed by atoms with E-state index in [2.05, 4.69) is 26.6 Å². The molecule has 3 unspecified atom stereocenters. The fraction of sp³-hybridized carbons (Fsp3) is 0.500. The Hall–Kier alpha value is -4.52. The molecule has 2 aromatic carbocycles. The lowest BCUT2D eigenvalue weighted by molar-refractivity contribution is -0.145. The third kappa shape index (κ3) is 15.6. The number of benzene rings is 2. The van der Waals surface area contributed by atoms with Gasteiger partial charge in [0.1, 0.15) is 23.5 Å². The summed E-state index contributed by atoms with van der Waals surface area (Å²) >= 11 is 0. The zero-order chi connectivity index (χ0) is 35.0. The third-order valence-corrected chi connectivity index (χ3v) is 6.73. The van der Waals surface area contributed by atoms with E-state index in [4.69, 9.17) is 9.47 Å². The molecule has 0 aliphatic carbocycles. The van der Waals surface area contributed by atoms with E-state index in [1.165, 1.54) is 31.4 Å². The van der Waals surface area contributed by atoms with Crippen LogP contribution in [0.1, 0.15) is 52.2 Å². The summed E-state index contributed by atoms with van der Waals surface area (Å²) in [6.07, 6.45) is -0.0233. The predicted octanol–water partition coefficient (Wildman–Crippen LogP) is 2.40. The summed E-state index contributed by atoms with van der Waals surface area (Å²) in [5.74, 6) is -2.33. The monoisotopic (exact) mass is 657 g/mol. The van der Waals surface area contributed by atoms with Crippen LogP contribution in [0.5, 0.6) is 0 Å². The highest BCUT2D eigenvalue weighted by molar-refractivity contribution is 5.90. The second kappa shape index (κ2) is 19.2. The third-order valence-electron chi connectivity index (χ3n) is 6.73. The standard InChI is InChI=1S/C34H48FN5O7/c1-22(2)18-28(32(44)46-6)39-31(43)26(19-23-10-8-7-9-11-23)36-16-17-37-29(41)21-38-30(42)27(40-33(45)47-34(3,4)5)20-24-12-14-25(35)15-13-24/h7-15,22,26-28,36H,16-21H2,1-6H3,(H,37,41)(H,38,42)(H,39,43)(H,40,45). The number of alkyl carbamates (subject to hydrolysis) is 1. The van der Waals surface area contributed by atoms with Crippen LogP contribution in [0.15, 0.2) is 54.6 Å². The van der Waals surface area contributed by atoms with E-state index in [-0.39, 0.29) is 37.9 Å². The van der Waals surface area contributed by atoms with E-state index in [0.717, 1.165) is 5.56 Å². The van der Waals surface area contributed by atoms with Gasteiger partial charge in [0.15, 0.2) is 0 Å². The van der Waals surface area contributed by atoms with Crippen LogP contribution in [-0.4, -0.2) is 80.3 Å². The Morgan fingerprint density at radius 3 is 1.98 bits per heavy atom. The number of carbonyl (C=O) groups excluding carboxylic acids is 5. The number of esters is 1. The first-order valence-electron chi connectivity index (χ1n) is 15.6. The summed E-state index contributed by atoms with van der Waals surface area (Å²) in [7, 11) is 1.27. The van der Waals surface area contributed by atoms with Crippen LogP contribution >= 0.6 is 0 Å². The molecule has 4 amide bonds. The van der Waals surface area contributed by atoms with Gasteiger partial charge in [-0.3, -0.25) is 14.4 Å². The van der Waals surface area contributed by atoms with Crippen molar-refractivity contribution < 1.29 is 37.8 Å². The van der Waals surface area contributed by atoms with E-state index < -0.39 is 53.4 Å². The van der Waals surface area contributed by atoms with Crippen molar-refractivity contribution in [2.24, 2.45) is 5.92 Å². The summed E-state index contributed by atoms with van der Waals surface area (Å²) in [6, 6.07) is 12.3.